The number of carbonyl (C=O) groups is 5. The van der Waals surface area contributed by atoms with Crippen molar-refractivity contribution in [2.75, 3.05) is 17.2 Å². The Morgan fingerprint density at radius 2 is 1.98 bits per heavy atom. The van der Waals surface area contributed by atoms with Crippen LogP contribution in [-0.4, -0.2) is 83.6 Å². The molecular formula is C23H21N6O9S3+. The quantitative estimate of drug-likeness (QED) is 0.0399. The number of carbonyl (C=O) groups excluding carboxylic acids is 2. The summed E-state index contributed by atoms with van der Waals surface area (Å²) in [7, 11) is 0. The van der Waals surface area contributed by atoms with E-state index in [1.54, 1.807) is 24.5 Å². The minimum absolute atomic E-state index is 0.0251. The number of carboxylic acids is 3. The van der Waals surface area contributed by atoms with E-state index < -0.39 is 52.6 Å². The molecule has 2 aliphatic heterocycles. The number of carboxylic acid groups (broad SMARTS) is 3. The molecule has 4 rings (SSSR count). The smallest absolute Gasteiger partial charge is 0.374 e. The average Bonchev–Trinajstić information content (AvgIpc) is 3.35. The SMILES string of the molecule is C=C(O/N=C(/C(=O)NC1C(=O)N2C(C(=O)O)=C(CSc3cc[n+](CC(=O)O)cc3)CS[C@H]12)c1csc(N)n1)C(=O)O. The van der Waals surface area contributed by atoms with Gasteiger partial charge in [-0.2, -0.15) is 4.57 Å². The number of nitrogens with one attached hydrogen (secondary N) is 1. The highest BCUT2D eigenvalue weighted by Crippen LogP contribution is 2.41. The van der Waals surface area contributed by atoms with Crippen LogP contribution in [0.2, 0.25) is 0 Å². The highest BCUT2D eigenvalue weighted by atomic mass is 32.2. The summed E-state index contributed by atoms with van der Waals surface area (Å²) in [5, 5.41) is 34.6. The van der Waals surface area contributed by atoms with Gasteiger partial charge in [-0.1, -0.05) is 5.16 Å². The summed E-state index contributed by atoms with van der Waals surface area (Å²) in [5.41, 5.74) is 5.49. The molecule has 214 valence electrons. The molecule has 0 spiro atoms. The number of pyridine rings is 1. The maximum Gasteiger partial charge on any atom is 0.374 e. The molecule has 0 radical (unpaired) electrons. The number of hydrogen-bond acceptors (Lipinski definition) is 12. The molecule has 1 unspecified atom stereocenters. The summed E-state index contributed by atoms with van der Waals surface area (Å²) in [6.07, 6.45) is 3.20. The van der Waals surface area contributed by atoms with Crippen LogP contribution in [-0.2, 0) is 35.4 Å². The Labute approximate surface area is 243 Å². The van der Waals surface area contributed by atoms with Crippen molar-refractivity contribution in [2.24, 2.45) is 5.16 Å². The highest BCUT2D eigenvalue weighted by molar-refractivity contribution is 8.01. The predicted octanol–water partition coefficient (Wildman–Crippen LogP) is -0.0527. The van der Waals surface area contributed by atoms with Gasteiger partial charge in [-0.25, -0.2) is 19.4 Å². The van der Waals surface area contributed by atoms with Gasteiger partial charge in [0.25, 0.3) is 11.8 Å². The molecule has 0 aliphatic carbocycles. The highest BCUT2D eigenvalue weighted by Gasteiger charge is 2.54. The Morgan fingerprint density at radius 1 is 1.27 bits per heavy atom. The summed E-state index contributed by atoms with van der Waals surface area (Å²) >= 11 is 3.59. The minimum Gasteiger partial charge on any atom is -0.477 e. The number of fused-ring (bicyclic) bond motifs is 1. The van der Waals surface area contributed by atoms with Crippen molar-refractivity contribution in [1.29, 1.82) is 0 Å². The van der Waals surface area contributed by atoms with Crippen LogP contribution >= 0.6 is 34.9 Å². The van der Waals surface area contributed by atoms with Crippen LogP contribution < -0.4 is 15.6 Å². The largest absolute Gasteiger partial charge is 0.477 e. The van der Waals surface area contributed by atoms with E-state index in [0.717, 1.165) is 21.1 Å². The standard InChI is InChI=1S/C23H20N6O9S3/c1-10(21(34)35)38-27-15(13-9-41-23(24)25-13)18(32)26-16-19(33)29-17(22(36)37)11(8-40-20(16)29)7-39-12-2-4-28(5-3-12)6-14(30)31/h2-5,9,16,20H,1,6-8H2,(H5-,24,25,26,30,31,32,34,35,36,37)/p+1/b27-15+/t16?,20-/m1/s1. The zero-order valence-electron chi connectivity index (χ0n) is 20.8. The number of amides is 2. The molecule has 41 heavy (non-hydrogen) atoms. The van der Waals surface area contributed by atoms with Crippen molar-refractivity contribution < 1.29 is 48.7 Å². The van der Waals surface area contributed by atoms with Gasteiger partial charge in [0, 0.05) is 33.9 Å². The van der Waals surface area contributed by atoms with Gasteiger partial charge in [-0.15, -0.1) is 34.9 Å². The number of aliphatic carboxylic acids is 3. The molecule has 2 aromatic rings. The molecule has 0 aromatic carbocycles. The molecule has 6 N–H and O–H groups in total. The van der Waals surface area contributed by atoms with Crippen LogP contribution in [0.5, 0.6) is 0 Å². The lowest BCUT2D eigenvalue weighted by molar-refractivity contribution is -0.686. The van der Waals surface area contributed by atoms with Crippen molar-refractivity contribution in [3.05, 3.63) is 59.2 Å². The van der Waals surface area contributed by atoms with Gasteiger partial charge in [0.05, 0.1) is 0 Å². The summed E-state index contributed by atoms with van der Waals surface area (Å²) in [5.74, 6) is -5.59. The first-order chi connectivity index (χ1) is 19.5. The lowest BCUT2D eigenvalue weighted by atomic mass is 10.0. The lowest BCUT2D eigenvalue weighted by Crippen LogP contribution is -2.71. The molecule has 2 atom stereocenters. The molecule has 4 heterocycles. The second kappa shape index (κ2) is 12.4. The van der Waals surface area contributed by atoms with E-state index in [1.807, 2.05) is 0 Å². The molecule has 2 aliphatic rings. The summed E-state index contributed by atoms with van der Waals surface area (Å²) in [4.78, 5) is 70.7. The summed E-state index contributed by atoms with van der Waals surface area (Å²) in [6, 6.07) is 2.31. The fourth-order valence-electron chi connectivity index (χ4n) is 3.72. The van der Waals surface area contributed by atoms with E-state index in [4.69, 9.17) is 20.8 Å². The van der Waals surface area contributed by atoms with E-state index in [9.17, 15) is 29.1 Å². The van der Waals surface area contributed by atoms with E-state index in [1.165, 1.54) is 33.5 Å². The zero-order chi connectivity index (χ0) is 29.8. The van der Waals surface area contributed by atoms with Crippen LogP contribution in [0.1, 0.15) is 5.69 Å². The molecule has 2 aromatic heterocycles. The molecule has 2 amide bonds. The molecule has 1 fully saturated rings. The van der Waals surface area contributed by atoms with Crippen molar-refractivity contribution >= 4 is 75.4 Å². The first-order valence-corrected chi connectivity index (χ1v) is 14.3. The third-order valence-corrected chi connectivity index (χ3v) is 8.70. The molecule has 18 heteroatoms. The van der Waals surface area contributed by atoms with E-state index in [-0.39, 0.29) is 34.6 Å². The number of oxime groups is 1. The number of β-lactam (4-membered cyclic amide) rings is 1. The number of nitrogen functional groups attached to an aromatic ring is 1. The van der Waals surface area contributed by atoms with Gasteiger partial charge in [-0.3, -0.25) is 14.5 Å². The Hall–Kier alpha value is -4.42. The molecular weight excluding hydrogens is 600 g/mol. The van der Waals surface area contributed by atoms with E-state index in [2.05, 4.69) is 22.0 Å². The number of nitrogens with two attached hydrogens (primary N) is 1. The first kappa shape index (κ1) is 29.6. The summed E-state index contributed by atoms with van der Waals surface area (Å²) < 4.78 is 1.48. The van der Waals surface area contributed by atoms with Gasteiger partial charge in [0.1, 0.15) is 22.8 Å². The van der Waals surface area contributed by atoms with Crippen molar-refractivity contribution in [1.82, 2.24) is 15.2 Å². The first-order valence-electron chi connectivity index (χ1n) is 11.4. The van der Waals surface area contributed by atoms with Gasteiger partial charge < -0.3 is 31.2 Å². The molecule has 15 nitrogen and oxygen atoms in total. The number of thiazole rings is 1. The van der Waals surface area contributed by atoms with Gasteiger partial charge in [0.15, 0.2) is 23.2 Å². The number of aromatic nitrogens is 2. The Balaban J connectivity index is 1.47. The second-order valence-corrected chi connectivity index (χ2v) is 11.4. The van der Waals surface area contributed by atoms with E-state index in [0.29, 0.717) is 5.57 Å². The van der Waals surface area contributed by atoms with Crippen molar-refractivity contribution in [3.63, 3.8) is 0 Å². The fraction of sp³-hybridized carbons (Fsp3) is 0.217. The monoisotopic (exact) mass is 621 g/mol. The molecule has 1 saturated heterocycles. The third kappa shape index (κ3) is 6.67. The maximum absolute atomic E-state index is 13.1. The average molecular weight is 622 g/mol. The Morgan fingerprint density at radius 3 is 2.56 bits per heavy atom. The van der Waals surface area contributed by atoms with Crippen LogP contribution in [0.15, 0.2) is 63.6 Å². The second-order valence-electron chi connectivity index (χ2n) is 8.34. The predicted molar refractivity (Wildman–Crippen MR) is 146 cm³/mol. The van der Waals surface area contributed by atoms with Crippen LogP contribution in [0.25, 0.3) is 0 Å². The number of nitrogens with zero attached hydrogens (tertiary/aromatic N) is 4. The van der Waals surface area contributed by atoms with Crippen molar-refractivity contribution in [3.8, 4) is 0 Å². The number of hydrogen-bond donors (Lipinski definition) is 5. The Bertz CT molecular complexity index is 1500. The Kier molecular flexibility index (Phi) is 8.94. The van der Waals surface area contributed by atoms with Crippen LogP contribution in [0.4, 0.5) is 5.13 Å². The maximum atomic E-state index is 13.1. The lowest BCUT2D eigenvalue weighted by Gasteiger charge is -2.49. The summed E-state index contributed by atoms with van der Waals surface area (Å²) in [6.45, 7) is 2.97. The van der Waals surface area contributed by atoms with Gasteiger partial charge in [-0.05, 0) is 12.2 Å². The normalized spacial score (nSPS) is 18.3. The number of rotatable bonds is 12. The number of anilines is 1. The minimum atomic E-state index is -1.51. The van der Waals surface area contributed by atoms with Crippen molar-refractivity contribution in [2.45, 2.75) is 22.9 Å². The third-order valence-electron chi connectivity index (χ3n) is 5.59. The topological polar surface area (TPSA) is 226 Å². The van der Waals surface area contributed by atoms with Crippen LogP contribution in [0, 0.1) is 0 Å². The molecule has 0 bridgehead atoms. The van der Waals surface area contributed by atoms with Gasteiger partial charge >= 0.3 is 17.9 Å². The van der Waals surface area contributed by atoms with E-state index >= 15 is 0 Å². The van der Waals surface area contributed by atoms with Gasteiger partial charge in [0.2, 0.25) is 12.3 Å². The van der Waals surface area contributed by atoms with Crippen LogP contribution in [0.3, 0.4) is 0 Å². The zero-order valence-corrected chi connectivity index (χ0v) is 23.2. The number of thioether (sulfide) groups is 2. The fourth-order valence-corrected chi connectivity index (χ4v) is 6.63. The molecule has 0 saturated carbocycles.